The quantitative estimate of drug-likeness (QED) is 0.720. The van der Waals surface area contributed by atoms with Gasteiger partial charge in [0.05, 0.1) is 12.3 Å². The van der Waals surface area contributed by atoms with Crippen LogP contribution in [-0.2, 0) is 11.3 Å². The Kier molecular flexibility index (Phi) is 6.65. The first-order chi connectivity index (χ1) is 11.6. The molecule has 0 spiro atoms. The van der Waals surface area contributed by atoms with Gasteiger partial charge in [0.15, 0.2) is 0 Å². The number of nitrogens with zero attached hydrogens (tertiary/aromatic N) is 1. The molecule has 7 heteroatoms. The lowest BCUT2D eigenvalue weighted by atomic mass is 10.0. The molecule has 24 heavy (non-hydrogen) atoms. The molecule has 0 fully saturated rings. The largest absolute Gasteiger partial charge is 0.445 e. The van der Waals surface area contributed by atoms with Gasteiger partial charge in [-0.2, -0.15) is 0 Å². The van der Waals surface area contributed by atoms with Crippen molar-refractivity contribution >= 4 is 6.09 Å². The fourth-order valence-corrected chi connectivity index (χ4v) is 2.07. The highest BCUT2D eigenvalue weighted by Gasteiger charge is 2.19. The van der Waals surface area contributed by atoms with Crippen LogP contribution in [0.2, 0.25) is 0 Å². The predicted molar refractivity (Wildman–Crippen MR) is 84.4 cm³/mol. The number of rotatable bonds is 7. The monoisotopic (exact) mass is 334 g/mol. The second-order valence-electron chi connectivity index (χ2n) is 5.23. The van der Waals surface area contributed by atoms with E-state index in [2.05, 4.69) is 10.3 Å². The smallest absolute Gasteiger partial charge is 0.407 e. The molecule has 1 aromatic carbocycles. The second-order valence-corrected chi connectivity index (χ2v) is 5.23. The maximum Gasteiger partial charge on any atom is 0.407 e. The predicted octanol–water partition coefficient (Wildman–Crippen LogP) is 1.93. The summed E-state index contributed by atoms with van der Waals surface area (Å²) in [6, 6.07) is 10.3. The average molecular weight is 334 g/mol. The van der Waals surface area contributed by atoms with Crippen molar-refractivity contribution < 1.29 is 24.1 Å². The van der Waals surface area contributed by atoms with E-state index >= 15 is 0 Å². The van der Waals surface area contributed by atoms with Crippen LogP contribution in [0.3, 0.4) is 0 Å². The van der Waals surface area contributed by atoms with Crippen molar-refractivity contribution in [3.63, 3.8) is 0 Å². The van der Waals surface area contributed by atoms with Gasteiger partial charge < -0.3 is 20.3 Å². The number of ether oxygens (including phenoxy) is 1. The van der Waals surface area contributed by atoms with Crippen LogP contribution >= 0.6 is 0 Å². The van der Waals surface area contributed by atoms with Crippen LogP contribution in [0.5, 0.6) is 0 Å². The maximum absolute atomic E-state index is 13.0. The number of carbonyl (C=O) groups is 1. The Labute approximate surface area is 138 Å². The highest BCUT2D eigenvalue weighted by atomic mass is 19.1. The fraction of sp³-hybridized carbons (Fsp3) is 0.294. The molecule has 6 nitrogen and oxygen atoms in total. The zero-order valence-electron chi connectivity index (χ0n) is 12.9. The van der Waals surface area contributed by atoms with Crippen molar-refractivity contribution in [1.29, 1.82) is 0 Å². The van der Waals surface area contributed by atoms with E-state index in [9.17, 15) is 19.4 Å². The number of pyridine rings is 1. The minimum Gasteiger partial charge on any atom is -0.445 e. The number of benzene rings is 1. The van der Waals surface area contributed by atoms with Gasteiger partial charge in [0.2, 0.25) is 0 Å². The van der Waals surface area contributed by atoms with E-state index in [4.69, 9.17) is 4.74 Å². The molecule has 2 rings (SSSR count). The molecule has 0 aliphatic rings. The van der Waals surface area contributed by atoms with E-state index in [-0.39, 0.29) is 25.1 Å². The van der Waals surface area contributed by atoms with Gasteiger partial charge in [-0.25, -0.2) is 9.18 Å². The van der Waals surface area contributed by atoms with Crippen molar-refractivity contribution in [3.8, 4) is 0 Å². The molecule has 2 aromatic rings. The van der Waals surface area contributed by atoms with Crippen molar-refractivity contribution in [3.05, 3.63) is 65.7 Å². The summed E-state index contributed by atoms with van der Waals surface area (Å²) in [6.07, 6.45) is -0.699. The molecule has 1 aromatic heterocycles. The third-order valence-electron chi connectivity index (χ3n) is 3.35. The van der Waals surface area contributed by atoms with Crippen LogP contribution in [0.25, 0.3) is 0 Å². The minimum atomic E-state index is -1.28. The van der Waals surface area contributed by atoms with Crippen LogP contribution in [0.4, 0.5) is 9.18 Å². The summed E-state index contributed by atoms with van der Waals surface area (Å²) in [7, 11) is 0. The number of aromatic nitrogens is 1. The molecular weight excluding hydrogens is 315 g/mol. The third kappa shape index (κ3) is 5.60. The molecule has 1 heterocycles. The van der Waals surface area contributed by atoms with Gasteiger partial charge in [0.25, 0.3) is 0 Å². The highest BCUT2D eigenvalue weighted by Crippen LogP contribution is 2.18. The lowest BCUT2D eigenvalue weighted by Gasteiger charge is -2.18. The number of alkyl carbamates (subject to hydrolysis) is 1. The molecule has 2 unspecified atom stereocenters. The van der Waals surface area contributed by atoms with Gasteiger partial charge in [0.1, 0.15) is 18.5 Å². The fourth-order valence-electron chi connectivity index (χ4n) is 2.07. The molecule has 0 bridgehead atoms. The Morgan fingerprint density at radius 3 is 2.71 bits per heavy atom. The van der Waals surface area contributed by atoms with Gasteiger partial charge >= 0.3 is 6.09 Å². The Morgan fingerprint density at radius 2 is 2.00 bits per heavy atom. The molecule has 0 saturated carbocycles. The van der Waals surface area contributed by atoms with Crippen LogP contribution in [0, 0.1) is 5.82 Å². The Morgan fingerprint density at radius 1 is 1.25 bits per heavy atom. The van der Waals surface area contributed by atoms with Crippen LogP contribution in [-0.4, -0.2) is 33.9 Å². The lowest BCUT2D eigenvalue weighted by molar-refractivity contribution is 0.0133. The van der Waals surface area contributed by atoms with Crippen molar-refractivity contribution in [2.24, 2.45) is 0 Å². The number of hydrogen-bond donors (Lipinski definition) is 3. The number of amides is 1. The normalized spacial score (nSPS) is 13.1. The van der Waals surface area contributed by atoms with Crippen molar-refractivity contribution in [2.75, 3.05) is 6.54 Å². The first kappa shape index (κ1) is 17.8. The molecule has 0 aliphatic carbocycles. The van der Waals surface area contributed by atoms with Crippen LogP contribution < -0.4 is 5.32 Å². The number of aliphatic hydroxyl groups excluding tert-OH is 2. The first-order valence-corrected chi connectivity index (χ1v) is 7.47. The van der Waals surface area contributed by atoms with Crippen molar-refractivity contribution in [1.82, 2.24) is 10.3 Å². The summed E-state index contributed by atoms with van der Waals surface area (Å²) < 4.78 is 18.1. The Balaban J connectivity index is 1.70. The van der Waals surface area contributed by atoms with E-state index in [0.717, 1.165) is 17.8 Å². The van der Waals surface area contributed by atoms with Gasteiger partial charge in [-0.3, -0.25) is 4.98 Å². The number of halogens is 1. The second kappa shape index (κ2) is 8.95. The Hall–Kier alpha value is -2.51. The SMILES string of the molecule is O=C(NCCC(O)C(O)c1cncc(F)c1)OCc1ccccc1. The van der Waals surface area contributed by atoms with E-state index < -0.39 is 24.1 Å². The van der Waals surface area contributed by atoms with Crippen LogP contribution in [0.1, 0.15) is 23.7 Å². The summed E-state index contributed by atoms with van der Waals surface area (Å²) in [5.41, 5.74) is 1.04. The summed E-state index contributed by atoms with van der Waals surface area (Å²) in [4.78, 5) is 15.2. The zero-order chi connectivity index (χ0) is 17.4. The Bertz CT molecular complexity index is 654. The minimum absolute atomic E-state index is 0.0815. The van der Waals surface area contributed by atoms with E-state index in [1.165, 1.54) is 6.20 Å². The first-order valence-electron chi connectivity index (χ1n) is 7.47. The molecule has 128 valence electrons. The van der Waals surface area contributed by atoms with E-state index in [1.54, 1.807) is 0 Å². The van der Waals surface area contributed by atoms with Gasteiger partial charge in [-0.1, -0.05) is 30.3 Å². The number of aliphatic hydroxyl groups is 2. The number of hydrogen-bond acceptors (Lipinski definition) is 5. The van der Waals surface area contributed by atoms with Gasteiger partial charge in [0, 0.05) is 18.3 Å². The third-order valence-corrected chi connectivity index (χ3v) is 3.35. The number of nitrogens with one attached hydrogen (secondary N) is 1. The molecule has 0 aliphatic heterocycles. The standard InChI is InChI=1S/C17H19FN2O4/c18-14-8-13(9-19-10-14)16(22)15(21)6-7-20-17(23)24-11-12-4-2-1-3-5-12/h1-5,8-10,15-16,21-22H,6-7,11H2,(H,20,23). The summed E-state index contributed by atoms with van der Waals surface area (Å²) in [5, 5.41) is 22.3. The van der Waals surface area contributed by atoms with Gasteiger partial charge in [-0.15, -0.1) is 0 Å². The highest BCUT2D eigenvalue weighted by molar-refractivity contribution is 5.67. The summed E-state index contributed by atoms with van der Waals surface area (Å²) in [6.45, 7) is 0.251. The molecule has 3 N–H and O–H groups in total. The van der Waals surface area contributed by atoms with E-state index in [1.807, 2.05) is 30.3 Å². The maximum atomic E-state index is 13.0. The molecule has 0 saturated heterocycles. The van der Waals surface area contributed by atoms with E-state index in [0.29, 0.717) is 0 Å². The molecule has 0 radical (unpaired) electrons. The average Bonchev–Trinajstić information content (AvgIpc) is 2.60. The lowest BCUT2D eigenvalue weighted by Crippen LogP contribution is -2.29. The molecular formula is C17H19FN2O4. The molecule has 1 amide bonds. The van der Waals surface area contributed by atoms with Gasteiger partial charge in [-0.05, 0) is 18.1 Å². The topological polar surface area (TPSA) is 91.7 Å². The van der Waals surface area contributed by atoms with Crippen LogP contribution in [0.15, 0.2) is 48.8 Å². The zero-order valence-corrected chi connectivity index (χ0v) is 12.9. The summed E-state index contributed by atoms with van der Waals surface area (Å²) in [5.74, 6) is -0.596. The number of carbonyl (C=O) groups excluding carboxylic acids is 1. The molecule has 2 atom stereocenters. The summed E-state index contributed by atoms with van der Waals surface area (Å²) >= 11 is 0. The van der Waals surface area contributed by atoms with Crippen molar-refractivity contribution in [2.45, 2.75) is 25.2 Å².